The highest BCUT2D eigenvalue weighted by Crippen LogP contribution is 2.28. The summed E-state index contributed by atoms with van der Waals surface area (Å²) in [6, 6.07) is 5.08. The van der Waals surface area contributed by atoms with E-state index in [-0.39, 0.29) is 0 Å². The lowest BCUT2D eigenvalue weighted by Gasteiger charge is -2.06. The number of benzene rings is 1. The van der Waals surface area contributed by atoms with E-state index < -0.39 is 0 Å². The van der Waals surface area contributed by atoms with E-state index >= 15 is 0 Å². The zero-order chi connectivity index (χ0) is 11.5. The molecule has 2 N–H and O–H groups in total. The van der Waals surface area contributed by atoms with Crippen LogP contribution in [0.2, 0.25) is 10.0 Å². The van der Waals surface area contributed by atoms with Gasteiger partial charge in [-0.05, 0) is 18.2 Å². The third-order valence-electron chi connectivity index (χ3n) is 1.84. The smallest absolute Gasteiger partial charge is 0.180 e. The lowest BCUT2D eigenvalue weighted by atomic mass is 10.3. The second-order valence-electron chi connectivity index (χ2n) is 3.04. The minimum atomic E-state index is 0.342. The van der Waals surface area contributed by atoms with E-state index in [0.717, 1.165) is 5.69 Å². The molecule has 0 aliphatic rings. The molecular weight excluding hydrogens is 267 g/mol. The fourth-order valence-corrected chi connectivity index (χ4v) is 2.14. The maximum absolute atomic E-state index is 5.95. The first-order chi connectivity index (χ1) is 7.65. The van der Waals surface area contributed by atoms with Crippen LogP contribution < -0.4 is 10.5 Å². The van der Waals surface area contributed by atoms with E-state index in [1.54, 1.807) is 18.2 Å². The Labute approximate surface area is 107 Å². The van der Waals surface area contributed by atoms with Gasteiger partial charge in [0.15, 0.2) is 5.13 Å². The standard InChI is InChI=1S/C10H8Cl2N2OS/c11-6-1-2-9(8(12)3-6)15-4-7-5-16-10(13)14-7/h1-3,5H,4H2,(H2,13,14). The highest BCUT2D eigenvalue weighted by Gasteiger charge is 2.04. The predicted molar refractivity (Wildman–Crippen MR) is 67.3 cm³/mol. The number of halogens is 2. The first-order valence-electron chi connectivity index (χ1n) is 4.43. The molecule has 16 heavy (non-hydrogen) atoms. The van der Waals surface area contributed by atoms with E-state index in [4.69, 9.17) is 33.7 Å². The normalized spacial score (nSPS) is 10.4. The van der Waals surface area contributed by atoms with Crippen molar-refractivity contribution < 1.29 is 4.74 Å². The summed E-state index contributed by atoms with van der Waals surface area (Å²) in [6.07, 6.45) is 0. The van der Waals surface area contributed by atoms with Gasteiger partial charge in [-0.15, -0.1) is 11.3 Å². The molecule has 3 nitrogen and oxygen atoms in total. The molecule has 0 atom stereocenters. The van der Waals surface area contributed by atoms with Gasteiger partial charge in [0.2, 0.25) is 0 Å². The van der Waals surface area contributed by atoms with Crippen molar-refractivity contribution in [2.45, 2.75) is 6.61 Å². The van der Waals surface area contributed by atoms with Gasteiger partial charge in [0.1, 0.15) is 12.4 Å². The number of hydrogen-bond donors (Lipinski definition) is 1. The van der Waals surface area contributed by atoms with Crippen molar-refractivity contribution >= 4 is 39.7 Å². The molecule has 2 rings (SSSR count). The van der Waals surface area contributed by atoms with Crippen LogP contribution >= 0.6 is 34.5 Å². The molecule has 0 radical (unpaired) electrons. The summed E-state index contributed by atoms with van der Waals surface area (Å²) in [5.74, 6) is 0.581. The molecule has 1 heterocycles. The Hall–Kier alpha value is -0.970. The Balaban J connectivity index is 2.04. The van der Waals surface area contributed by atoms with Crippen LogP contribution in [0.5, 0.6) is 5.75 Å². The summed E-state index contributed by atoms with van der Waals surface area (Å²) >= 11 is 13.1. The van der Waals surface area contributed by atoms with Crippen LogP contribution in [0.15, 0.2) is 23.6 Å². The van der Waals surface area contributed by atoms with Crippen LogP contribution in [0.4, 0.5) is 5.13 Å². The first-order valence-corrected chi connectivity index (χ1v) is 6.06. The Morgan fingerprint density at radius 3 is 2.81 bits per heavy atom. The van der Waals surface area contributed by atoms with Crippen molar-refractivity contribution in [2.75, 3.05) is 5.73 Å². The Morgan fingerprint density at radius 2 is 2.19 bits per heavy atom. The Morgan fingerprint density at radius 1 is 1.38 bits per heavy atom. The molecular formula is C10H8Cl2N2OS. The van der Waals surface area contributed by atoms with Crippen molar-refractivity contribution in [3.05, 3.63) is 39.3 Å². The molecule has 2 aromatic rings. The molecule has 0 saturated carbocycles. The topological polar surface area (TPSA) is 48.1 Å². The number of nitrogen functional groups attached to an aromatic ring is 1. The number of nitrogens with zero attached hydrogens (tertiary/aromatic N) is 1. The molecule has 0 saturated heterocycles. The first kappa shape index (κ1) is 11.5. The van der Waals surface area contributed by atoms with Crippen molar-refractivity contribution in [3.63, 3.8) is 0 Å². The number of ether oxygens (including phenoxy) is 1. The SMILES string of the molecule is Nc1nc(COc2ccc(Cl)cc2Cl)cs1. The van der Waals surface area contributed by atoms with Gasteiger partial charge in [-0.1, -0.05) is 23.2 Å². The highest BCUT2D eigenvalue weighted by molar-refractivity contribution is 7.13. The number of rotatable bonds is 3. The van der Waals surface area contributed by atoms with Crippen LogP contribution in [-0.2, 0) is 6.61 Å². The number of anilines is 1. The molecule has 0 spiro atoms. The average Bonchev–Trinajstić information content (AvgIpc) is 2.63. The summed E-state index contributed by atoms with van der Waals surface area (Å²) in [6.45, 7) is 0.342. The van der Waals surface area contributed by atoms with E-state index in [1.807, 2.05) is 5.38 Å². The number of nitrogens with two attached hydrogens (primary N) is 1. The minimum Gasteiger partial charge on any atom is -0.486 e. The summed E-state index contributed by atoms with van der Waals surface area (Å²) in [7, 11) is 0. The minimum absolute atomic E-state index is 0.342. The molecule has 0 unspecified atom stereocenters. The van der Waals surface area contributed by atoms with Gasteiger partial charge in [0.05, 0.1) is 10.7 Å². The van der Waals surface area contributed by atoms with Crippen LogP contribution in [0.1, 0.15) is 5.69 Å². The van der Waals surface area contributed by atoms with Crippen LogP contribution in [-0.4, -0.2) is 4.98 Å². The maximum Gasteiger partial charge on any atom is 0.180 e. The highest BCUT2D eigenvalue weighted by atomic mass is 35.5. The Bertz CT molecular complexity index is 501. The molecule has 1 aromatic heterocycles. The second kappa shape index (κ2) is 4.91. The summed E-state index contributed by atoms with van der Waals surface area (Å²) in [5.41, 5.74) is 6.29. The zero-order valence-corrected chi connectivity index (χ0v) is 10.4. The quantitative estimate of drug-likeness (QED) is 0.930. The van der Waals surface area contributed by atoms with Gasteiger partial charge in [-0.2, -0.15) is 0 Å². The predicted octanol–water partition coefficient (Wildman–Crippen LogP) is 3.61. The van der Waals surface area contributed by atoms with Gasteiger partial charge < -0.3 is 10.5 Å². The fraction of sp³-hybridized carbons (Fsp3) is 0.100. The van der Waals surface area contributed by atoms with Gasteiger partial charge in [0, 0.05) is 10.4 Å². The molecule has 0 aliphatic heterocycles. The van der Waals surface area contributed by atoms with Crippen LogP contribution in [0, 0.1) is 0 Å². The third-order valence-corrected chi connectivity index (χ3v) is 3.09. The summed E-state index contributed by atoms with van der Waals surface area (Å²) < 4.78 is 5.49. The van der Waals surface area contributed by atoms with Gasteiger partial charge in [0.25, 0.3) is 0 Å². The third kappa shape index (κ3) is 2.78. The summed E-state index contributed by atoms with van der Waals surface area (Å²) in [4.78, 5) is 4.08. The molecule has 84 valence electrons. The van der Waals surface area contributed by atoms with Gasteiger partial charge >= 0.3 is 0 Å². The number of thiazole rings is 1. The van der Waals surface area contributed by atoms with Gasteiger partial charge in [-0.3, -0.25) is 0 Å². The van der Waals surface area contributed by atoms with E-state index in [9.17, 15) is 0 Å². The average molecular weight is 275 g/mol. The van der Waals surface area contributed by atoms with E-state index in [2.05, 4.69) is 4.98 Å². The van der Waals surface area contributed by atoms with Crippen molar-refractivity contribution in [2.24, 2.45) is 0 Å². The van der Waals surface area contributed by atoms with E-state index in [0.29, 0.717) is 27.5 Å². The summed E-state index contributed by atoms with van der Waals surface area (Å²) in [5, 5.41) is 3.44. The molecule has 0 aliphatic carbocycles. The second-order valence-corrected chi connectivity index (χ2v) is 4.77. The van der Waals surface area contributed by atoms with Crippen LogP contribution in [0.3, 0.4) is 0 Å². The maximum atomic E-state index is 5.95. The zero-order valence-electron chi connectivity index (χ0n) is 8.11. The Kier molecular flexibility index (Phi) is 3.53. The van der Waals surface area contributed by atoms with Crippen LogP contribution in [0.25, 0.3) is 0 Å². The van der Waals surface area contributed by atoms with Crippen molar-refractivity contribution in [1.29, 1.82) is 0 Å². The van der Waals surface area contributed by atoms with Crippen molar-refractivity contribution in [3.8, 4) is 5.75 Å². The fourth-order valence-electron chi connectivity index (χ4n) is 1.13. The lowest BCUT2D eigenvalue weighted by molar-refractivity contribution is 0.302. The molecule has 0 amide bonds. The number of hydrogen-bond acceptors (Lipinski definition) is 4. The molecule has 0 bridgehead atoms. The molecule has 0 fully saturated rings. The molecule has 6 heteroatoms. The van der Waals surface area contributed by atoms with Gasteiger partial charge in [-0.25, -0.2) is 4.98 Å². The molecule has 1 aromatic carbocycles. The van der Waals surface area contributed by atoms with E-state index in [1.165, 1.54) is 11.3 Å². The lowest BCUT2D eigenvalue weighted by Crippen LogP contribution is -1.96. The largest absolute Gasteiger partial charge is 0.486 e. The monoisotopic (exact) mass is 274 g/mol. The number of aromatic nitrogens is 1. The van der Waals surface area contributed by atoms with Crippen molar-refractivity contribution in [1.82, 2.24) is 4.98 Å².